The van der Waals surface area contributed by atoms with Crippen LogP contribution >= 0.6 is 15.9 Å². The van der Waals surface area contributed by atoms with E-state index in [9.17, 15) is 4.79 Å². The average Bonchev–Trinajstić information content (AvgIpc) is 2.94. The lowest BCUT2D eigenvalue weighted by atomic mass is 10.2. The van der Waals surface area contributed by atoms with Gasteiger partial charge >= 0.3 is 5.69 Å². The van der Waals surface area contributed by atoms with Crippen LogP contribution in [0.25, 0.3) is 27.9 Å². The molecule has 0 unspecified atom stereocenters. The Morgan fingerprint density at radius 3 is 2.67 bits per heavy atom. The van der Waals surface area contributed by atoms with Gasteiger partial charge in [-0.1, -0.05) is 40.2 Å². The van der Waals surface area contributed by atoms with Gasteiger partial charge in [-0.05, 0) is 24.3 Å². The summed E-state index contributed by atoms with van der Waals surface area (Å²) in [5, 5.41) is 5.19. The van der Waals surface area contributed by atoms with Gasteiger partial charge in [0.2, 0.25) is 0 Å². The standard InChI is InChI=1S/C15H9BrN4O/c16-11-7-3-1-5-9(11)13-18-14-10-6-2-4-8-12(10)17-15(21)20(14)19-13/h1-8H,(H,17,21). The first kappa shape index (κ1) is 12.3. The van der Waals surface area contributed by atoms with Crippen LogP contribution in [0, 0.1) is 0 Å². The monoisotopic (exact) mass is 340 g/mol. The summed E-state index contributed by atoms with van der Waals surface area (Å²) < 4.78 is 2.19. The predicted octanol–water partition coefficient (Wildman–Crippen LogP) is 3.00. The van der Waals surface area contributed by atoms with Gasteiger partial charge in [-0.3, -0.25) is 0 Å². The molecule has 0 aliphatic carbocycles. The molecule has 0 radical (unpaired) electrons. The molecular formula is C15H9BrN4O. The summed E-state index contributed by atoms with van der Waals surface area (Å²) in [4.78, 5) is 19.5. The van der Waals surface area contributed by atoms with Crippen molar-refractivity contribution >= 4 is 32.5 Å². The van der Waals surface area contributed by atoms with Crippen LogP contribution in [0.15, 0.2) is 57.8 Å². The van der Waals surface area contributed by atoms with Gasteiger partial charge in [0.25, 0.3) is 0 Å². The number of aromatic nitrogens is 4. The summed E-state index contributed by atoms with van der Waals surface area (Å²) in [7, 11) is 0. The van der Waals surface area contributed by atoms with Crippen LogP contribution in [0.1, 0.15) is 0 Å². The van der Waals surface area contributed by atoms with Gasteiger partial charge in [0.05, 0.1) is 5.52 Å². The second kappa shape index (κ2) is 4.53. The number of benzene rings is 2. The highest BCUT2D eigenvalue weighted by Gasteiger charge is 2.13. The van der Waals surface area contributed by atoms with Crippen LogP contribution < -0.4 is 5.69 Å². The molecule has 1 N–H and O–H groups in total. The van der Waals surface area contributed by atoms with Gasteiger partial charge in [-0.2, -0.15) is 4.52 Å². The molecule has 0 amide bonds. The van der Waals surface area contributed by atoms with E-state index >= 15 is 0 Å². The number of nitrogens with one attached hydrogen (secondary N) is 1. The molecule has 0 saturated carbocycles. The fourth-order valence-electron chi connectivity index (χ4n) is 2.34. The number of para-hydroxylation sites is 1. The normalized spacial score (nSPS) is 11.3. The third-order valence-corrected chi connectivity index (χ3v) is 4.02. The summed E-state index contributed by atoms with van der Waals surface area (Å²) in [6.45, 7) is 0. The molecule has 2 heterocycles. The molecule has 4 rings (SSSR count). The Hall–Kier alpha value is -2.47. The molecule has 0 saturated heterocycles. The fraction of sp³-hybridized carbons (Fsp3) is 0. The van der Waals surface area contributed by atoms with Crippen molar-refractivity contribution in [2.75, 3.05) is 0 Å². The van der Waals surface area contributed by atoms with E-state index in [4.69, 9.17) is 0 Å². The molecule has 4 aromatic rings. The summed E-state index contributed by atoms with van der Waals surface area (Å²) >= 11 is 3.48. The highest BCUT2D eigenvalue weighted by atomic mass is 79.9. The van der Waals surface area contributed by atoms with Crippen molar-refractivity contribution < 1.29 is 0 Å². The molecule has 0 atom stereocenters. The lowest BCUT2D eigenvalue weighted by Crippen LogP contribution is -2.17. The van der Waals surface area contributed by atoms with Crippen molar-refractivity contribution in [2.45, 2.75) is 0 Å². The topological polar surface area (TPSA) is 63.0 Å². The molecule has 102 valence electrons. The predicted molar refractivity (Wildman–Crippen MR) is 84.2 cm³/mol. The zero-order valence-corrected chi connectivity index (χ0v) is 12.3. The zero-order chi connectivity index (χ0) is 14.4. The maximum atomic E-state index is 12.1. The van der Waals surface area contributed by atoms with E-state index in [0.29, 0.717) is 11.5 Å². The molecule has 21 heavy (non-hydrogen) atoms. The Kier molecular flexibility index (Phi) is 2.65. The quantitative estimate of drug-likeness (QED) is 0.579. The maximum absolute atomic E-state index is 12.1. The minimum Gasteiger partial charge on any atom is -0.305 e. The molecule has 2 aromatic heterocycles. The van der Waals surface area contributed by atoms with Crippen LogP contribution in [-0.4, -0.2) is 19.6 Å². The van der Waals surface area contributed by atoms with Crippen molar-refractivity contribution in [1.82, 2.24) is 19.6 Å². The second-order valence-corrected chi connectivity index (χ2v) is 5.48. The molecule has 0 aliphatic heterocycles. The second-order valence-electron chi connectivity index (χ2n) is 4.63. The lowest BCUT2D eigenvalue weighted by Gasteiger charge is -1.97. The highest BCUT2D eigenvalue weighted by Crippen LogP contribution is 2.26. The van der Waals surface area contributed by atoms with Crippen molar-refractivity contribution in [1.29, 1.82) is 0 Å². The lowest BCUT2D eigenvalue weighted by molar-refractivity contribution is 0.885. The van der Waals surface area contributed by atoms with Crippen molar-refractivity contribution in [3.63, 3.8) is 0 Å². The first-order valence-corrected chi connectivity index (χ1v) is 7.16. The third-order valence-electron chi connectivity index (χ3n) is 3.32. The van der Waals surface area contributed by atoms with Gasteiger partial charge in [0.15, 0.2) is 11.5 Å². The number of aromatic amines is 1. The average molecular weight is 341 g/mol. The maximum Gasteiger partial charge on any atom is 0.348 e. The third kappa shape index (κ3) is 1.87. The molecule has 0 fully saturated rings. The van der Waals surface area contributed by atoms with Gasteiger partial charge in [-0.15, -0.1) is 5.10 Å². The highest BCUT2D eigenvalue weighted by molar-refractivity contribution is 9.10. The van der Waals surface area contributed by atoms with Gasteiger partial charge in [0, 0.05) is 15.4 Å². The Bertz CT molecular complexity index is 1030. The van der Waals surface area contributed by atoms with E-state index in [0.717, 1.165) is 20.9 Å². The fourth-order valence-corrected chi connectivity index (χ4v) is 2.80. The molecule has 0 bridgehead atoms. The summed E-state index contributed by atoms with van der Waals surface area (Å²) in [6.07, 6.45) is 0. The summed E-state index contributed by atoms with van der Waals surface area (Å²) in [5.41, 5.74) is 1.86. The van der Waals surface area contributed by atoms with E-state index in [1.54, 1.807) is 0 Å². The van der Waals surface area contributed by atoms with Crippen molar-refractivity contribution in [2.24, 2.45) is 0 Å². The summed E-state index contributed by atoms with van der Waals surface area (Å²) in [6, 6.07) is 15.2. The number of hydrogen-bond donors (Lipinski definition) is 1. The number of hydrogen-bond acceptors (Lipinski definition) is 3. The van der Waals surface area contributed by atoms with Crippen molar-refractivity contribution in [3.05, 3.63) is 63.5 Å². The molecular weight excluding hydrogens is 332 g/mol. The number of rotatable bonds is 1. The van der Waals surface area contributed by atoms with E-state index < -0.39 is 0 Å². The molecule has 2 aromatic carbocycles. The minimum atomic E-state index is -0.297. The molecule has 5 nitrogen and oxygen atoms in total. The number of nitrogens with zero attached hydrogens (tertiary/aromatic N) is 3. The smallest absolute Gasteiger partial charge is 0.305 e. The summed E-state index contributed by atoms with van der Waals surface area (Å²) in [5.74, 6) is 0.518. The Labute approximate surface area is 127 Å². The van der Waals surface area contributed by atoms with Crippen LogP contribution in [0.5, 0.6) is 0 Å². The van der Waals surface area contributed by atoms with Crippen LogP contribution in [0.2, 0.25) is 0 Å². The molecule has 0 aliphatic rings. The first-order chi connectivity index (χ1) is 10.2. The number of H-pyrrole nitrogens is 1. The van der Waals surface area contributed by atoms with Gasteiger partial charge in [-0.25, -0.2) is 9.78 Å². The van der Waals surface area contributed by atoms with Crippen molar-refractivity contribution in [3.8, 4) is 11.4 Å². The van der Waals surface area contributed by atoms with E-state index in [2.05, 4.69) is 31.0 Å². The van der Waals surface area contributed by atoms with Crippen LogP contribution in [0.3, 0.4) is 0 Å². The van der Waals surface area contributed by atoms with E-state index in [1.807, 2.05) is 48.5 Å². The van der Waals surface area contributed by atoms with Crippen LogP contribution in [0.4, 0.5) is 0 Å². The number of halogens is 1. The van der Waals surface area contributed by atoms with Gasteiger partial charge < -0.3 is 4.98 Å². The van der Waals surface area contributed by atoms with Crippen LogP contribution in [-0.2, 0) is 0 Å². The Morgan fingerprint density at radius 1 is 1.05 bits per heavy atom. The van der Waals surface area contributed by atoms with E-state index in [1.165, 1.54) is 4.52 Å². The zero-order valence-electron chi connectivity index (χ0n) is 10.7. The number of fused-ring (bicyclic) bond motifs is 3. The first-order valence-electron chi connectivity index (χ1n) is 6.37. The Balaban J connectivity index is 2.11. The minimum absolute atomic E-state index is 0.297. The van der Waals surface area contributed by atoms with Gasteiger partial charge in [0.1, 0.15) is 0 Å². The Morgan fingerprint density at radius 2 is 1.81 bits per heavy atom. The molecule has 0 spiro atoms. The SMILES string of the molecule is O=c1[nH]c2ccccc2c2nc(-c3ccccc3Br)nn12. The largest absolute Gasteiger partial charge is 0.348 e. The van der Waals surface area contributed by atoms with E-state index in [-0.39, 0.29) is 5.69 Å². The molecule has 6 heteroatoms.